The highest BCUT2D eigenvalue weighted by atomic mass is 35.5. The number of piperidine rings is 1. The molecule has 5 nitrogen and oxygen atoms in total. The van der Waals surface area contributed by atoms with Crippen molar-refractivity contribution >= 4 is 34.1 Å². The van der Waals surface area contributed by atoms with E-state index in [1.54, 1.807) is 4.57 Å². The van der Waals surface area contributed by atoms with Gasteiger partial charge in [-0.2, -0.15) is 0 Å². The van der Waals surface area contributed by atoms with Crippen LogP contribution < -0.4 is 10.9 Å². The fraction of sp³-hybridized carbons (Fsp3) is 0.529. The molecule has 1 fully saturated rings. The Balaban J connectivity index is 2.18. The molecule has 0 amide bonds. The Kier molecular flexibility index (Phi) is 4.10. The zero-order valence-electron chi connectivity index (χ0n) is 14.2. The SMILES string of the molecule is CC1(C)CC(n2cnc3c(O)c(Cl)cc(Cl)c3c2=O)CC(C)(C)N1. The van der Waals surface area contributed by atoms with Crippen LogP contribution in [0.25, 0.3) is 10.9 Å². The third-order valence-electron chi connectivity index (χ3n) is 4.50. The van der Waals surface area contributed by atoms with Crippen molar-refractivity contribution in [2.45, 2.75) is 57.7 Å². The van der Waals surface area contributed by atoms with Gasteiger partial charge in [-0.3, -0.25) is 9.36 Å². The van der Waals surface area contributed by atoms with Gasteiger partial charge < -0.3 is 10.4 Å². The molecule has 0 aliphatic carbocycles. The van der Waals surface area contributed by atoms with E-state index in [1.807, 2.05) is 0 Å². The van der Waals surface area contributed by atoms with Gasteiger partial charge in [0.25, 0.3) is 5.56 Å². The summed E-state index contributed by atoms with van der Waals surface area (Å²) in [6, 6.07) is 1.37. The smallest absolute Gasteiger partial charge is 0.263 e. The molecule has 0 bridgehead atoms. The second kappa shape index (κ2) is 5.61. The average Bonchev–Trinajstić information content (AvgIpc) is 2.41. The van der Waals surface area contributed by atoms with Crippen LogP contribution in [-0.4, -0.2) is 25.7 Å². The predicted octanol–water partition coefficient (Wildman–Crippen LogP) is 3.89. The Labute approximate surface area is 150 Å². The van der Waals surface area contributed by atoms with E-state index in [9.17, 15) is 9.90 Å². The van der Waals surface area contributed by atoms with Crippen LogP contribution in [0.5, 0.6) is 5.75 Å². The van der Waals surface area contributed by atoms with E-state index in [0.717, 1.165) is 12.8 Å². The molecule has 24 heavy (non-hydrogen) atoms. The van der Waals surface area contributed by atoms with Gasteiger partial charge in [0.1, 0.15) is 5.52 Å². The summed E-state index contributed by atoms with van der Waals surface area (Å²) in [6.07, 6.45) is 3.07. The quantitative estimate of drug-likeness (QED) is 0.799. The van der Waals surface area contributed by atoms with Crippen molar-refractivity contribution in [3.63, 3.8) is 0 Å². The number of nitrogens with zero attached hydrogens (tertiary/aromatic N) is 2. The lowest BCUT2D eigenvalue weighted by Gasteiger charge is -2.46. The number of phenolic OH excluding ortho intramolecular Hbond substituents is 1. The van der Waals surface area contributed by atoms with Gasteiger partial charge in [0.15, 0.2) is 5.75 Å². The summed E-state index contributed by atoms with van der Waals surface area (Å²) in [5.74, 6) is -0.216. The molecule has 1 saturated heterocycles. The number of rotatable bonds is 1. The molecule has 0 spiro atoms. The monoisotopic (exact) mass is 369 g/mol. The van der Waals surface area contributed by atoms with Crippen LogP contribution >= 0.6 is 23.2 Å². The maximum Gasteiger partial charge on any atom is 0.263 e. The second-order valence-electron chi connectivity index (χ2n) is 7.82. The molecule has 1 aromatic carbocycles. The van der Waals surface area contributed by atoms with Gasteiger partial charge in [0, 0.05) is 17.1 Å². The third-order valence-corrected chi connectivity index (χ3v) is 5.09. The van der Waals surface area contributed by atoms with E-state index >= 15 is 0 Å². The van der Waals surface area contributed by atoms with Crippen molar-refractivity contribution in [2.75, 3.05) is 0 Å². The van der Waals surface area contributed by atoms with Gasteiger partial charge in [-0.05, 0) is 46.6 Å². The lowest BCUT2D eigenvalue weighted by molar-refractivity contribution is 0.130. The van der Waals surface area contributed by atoms with E-state index in [-0.39, 0.29) is 49.4 Å². The molecule has 2 heterocycles. The van der Waals surface area contributed by atoms with Gasteiger partial charge in [0.2, 0.25) is 0 Å². The number of benzene rings is 1. The first-order valence-electron chi connectivity index (χ1n) is 7.88. The Morgan fingerprint density at radius 3 is 2.38 bits per heavy atom. The molecule has 1 aliphatic rings. The van der Waals surface area contributed by atoms with E-state index in [4.69, 9.17) is 23.2 Å². The van der Waals surface area contributed by atoms with Crippen molar-refractivity contribution in [1.29, 1.82) is 0 Å². The first-order valence-corrected chi connectivity index (χ1v) is 8.63. The summed E-state index contributed by atoms with van der Waals surface area (Å²) in [6.45, 7) is 8.50. The fourth-order valence-corrected chi connectivity index (χ4v) is 4.49. The summed E-state index contributed by atoms with van der Waals surface area (Å²) in [7, 11) is 0. The van der Waals surface area contributed by atoms with Crippen molar-refractivity contribution in [3.8, 4) is 5.75 Å². The standard InChI is InChI=1S/C17H21Cl2N3O2/c1-16(2)6-9(7-17(3,4)21-16)22-8-20-13-12(15(22)24)10(18)5-11(19)14(13)23/h5,8-9,21,23H,6-7H2,1-4H3. The highest BCUT2D eigenvalue weighted by Crippen LogP contribution is 2.37. The number of hydrogen-bond acceptors (Lipinski definition) is 4. The number of aromatic nitrogens is 2. The molecule has 1 aromatic heterocycles. The normalized spacial score (nSPS) is 20.4. The van der Waals surface area contributed by atoms with Crippen molar-refractivity contribution < 1.29 is 5.11 Å². The van der Waals surface area contributed by atoms with Crippen molar-refractivity contribution in [1.82, 2.24) is 14.9 Å². The van der Waals surface area contributed by atoms with Gasteiger partial charge >= 0.3 is 0 Å². The maximum atomic E-state index is 13.0. The summed E-state index contributed by atoms with van der Waals surface area (Å²) < 4.78 is 1.63. The van der Waals surface area contributed by atoms with Crippen LogP contribution in [0.1, 0.15) is 46.6 Å². The lowest BCUT2D eigenvalue weighted by atomic mass is 9.79. The molecular formula is C17H21Cl2N3O2. The van der Waals surface area contributed by atoms with Crippen LogP contribution in [0, 0.1) is 0 Å². The van der Waals surface area contributed by atoms with Crippen LogP contribution in [0.3, 0.4) is 0 Å². The maximum absolute atomic E-state index is 13.0. The van der Waals surface area contributed by atoms with Gasteiger partial charge in [0.05, 0.1) is 21.8 Å². The molecule has 3 rings (SSSR count). The summed E-state index contributed by atoms with van der Waals surface area (Å²) in [5.41, 5.74) is -0.323. The van der Waals surface area contributed by atoms with Crippen LogP contribution in [0.15, 0.2) is 17.2 Å². The number of fused-ring (bicyclic) bond motifs is 1. The number of halogens is 2. The van der Waals surface area contributed by atoms with E-state index in [0.29, 0.717) is 0 Å². The summed E-state index contributed by atoms with van der Waals surface area (Å²) >= 11 is 12.1. The largest absolute Gasteiger partial charge is 0.504 e. The topological polar surface area (TPSA) is 67.1 Å². The van der Waals surface area contributed by atoms with Gasteiger partial charge in [-0.1, -0.05) is 23.2 Å². The Morgan fingerprint density at radius 1 is 1.21 bits per heavy atom. The Bertz CT molecular complexity index is 858. The molecule has 0 saturated carbocycles. The number of aromatic hydroxyl groups is 1. The van der Waals surface area contributed by atoms with E-state index in [2.05, 4.69) is 38.0 Å². The molecule has 2 N–H and O–H groups in total. The second-order valence-corrected chi connectivity index (χ2v) is 8.64. The summed E-state index contributed by atoms with van der Waals surface area (Å²) in [4.78, 5) is 17.3. The molecule has 0 unspecified atom stereocenters. The van der Waals surface area contributed by atoms with E-state index in [1.165, 1.54) is 12.4 Å². The molecule has 1 aliphatic heterocycles. The van der Waals surface area contributed by atoms with Crippen molar-refractivity contribution in [3.05, 3.63) is 32.8 Å². The predicted molar refractivity (Wildman–Crippen MR) is 97.3 cm³/mol. The van der Waals surface area contributed by atoms with Crippen molar-refractivity contribution in [2.24, 2.45) is 0 Å². The van der Waals surface area contributed by atoms with Gasteiger partial charge in [-0.15, -0.1) is 0 Å². The Hall–Kier alpha value is -1.30. The van der Waals surface area contributed by atoms with Crippen LogP contribution in [-0.2, 0) is 0 Å². The summed E-state index contributed by atoms with van der Waals surface area (Å²) in [5, 5.41) is 14.1. The molecule has 2 aromatic rings. The minimum Gasteiger partial charge on any atom is -0.504 e. The molecule has 0 atom stereocenters. The lowest BCUT2D eigenvalue weighted by Crippen LogP contribution is -2.58. The van der Waals surface area contributed by atoms with Crippen LogP contribution in [0.4, 0.5) is 0 Å². The molecule has 7 heteroatoms. The minimum atomic E-state index is -0.254. The Morgan fingerprint density at radius 2 is 1.79 bits per heavy atom. The third kappa shape index (κ3) is 3.01. The fourth-order valence-electron chi connectivity index (χ4n) is 3.95. The first-order chi connectivity index (χ1) is 11.0. The molecular weight excluding hydrogens is 349 g/mol. The zero-order valence-corrected chi connectivity index (χ0v) is 15.7. The zero-order chi connectivity index (χ0) is 17.9. The molecule has 130 valence electrons. The minimum absolute atomic E-state index is 0.00506. The van der Waals surface area contributed by atoms with Crippen LogP contribution in [0.2, 0.25) is 10.0 Å². The number of hydrogen-bond donors (Lipinski definition) is 2. The first kappa shape index (κ1) is 17.5. The van der Waals surface area contributed by atoms with E-state index < -0.39 is 0 Å². The highest BCUT2D eigenvalue weighted by molar-refractivity contribution is 6.39. The van der Waals surface area contributed by atoms with Gasteiger partial charge in [-0.25, -0.2) is 4.98 Å². The number of nitrogens with one attached hydrogen (secondary N) is 1. The number of phenols is 1. The average molecular weight is 370 g/mol. The molecule has 0 radical (unpaired) electrons. The highest BCUT2D eigenvalue weighted by Gasteiger charge is 2.39.